The average molecular weight is 102 g/mol. The summed E-state index contributed by atoms with van der Waals surface area (Å²) in [5, 5.41) is 0. The van der Waals surface area contributed by atoms with Crippen molar-refractivity contribution in [3.05, 3.63) is 6.92 Å². The normalized spacial score (nSPS) is 10.3. The predicted molar refractivity (Wildman–Crippen MR) is 32.0 cm³/mol. The van der Waals surface area contributed by atoms with Crippen LogP contribution in [0, 0.1) is 6.92 Å². The fourth-order valence-corrected chi connectivity index (χ4v) is 0.382. The van der Waals surface area contributed by atoms with Crippen LogP contribution in [-0.2, 0) is 0 Å². The highest BCUT2D eigenvalue weighted by Gasteiger charge is 1.60. The summed E-state index contributed by atoms with van der Waals surface area (Å²) in [5.41, 5.74) is 0. The van der Waals surface area contributed by atoms with Gasteiger partial charge < -0.3 is 0 Å². The molecular weight excluding hydrogens is 94.1 g/mol. The van der Waals surface area contributed by atoms with Crippen molar-refractivity contribution in [3.63, 3.8) is 0 Å². The summed E-state index contributed by atoms with van der Waals surface area (Å²) in [6.45, 7) is 3.56. The highest BCUT2D eigenvalue weighted by Crippen LogP contribution is 1.89. The predicted octanol–water partition coefficient (Wildman–Crippen LogP) is 1.56. The summed E-state index contributed by atoms with van der Waals surface area (Å²) in [5.74, 6) is 0. The fourth-order valence-electron chi connectivity index (χ4n) is 0.127. The Labute approximate surface area is 43.0 Å². The Morgan fingerprint density at radius 3 is 2.83 bits per heavy atom. The number of hydrogen-bond donors (Lipinski definition) is 0. The molecule has 0 fully saturated rings. The molecule has 0 aromatic carbocycles. The summed E-state index contributed by atoms with van der Waals surface area (Å²) in [6.07, 6.45) is 4.50. The third-order valence-electron chi connectivity index (χ3n) is 0.309. The van der Waals surface area contributed by atoms with Gasteiger partial charge in [-0.3, -0.25) is 0 Å². The minimum absolute atomic E-state index is 0.792. The van der Waals surface area contributed by atoms with Gasteiger partial charge in [-0.1, -0.05) is 0 Å². The zero-order chi connectivity index (χ0) is 4.83. The van der Waals surface area contributed by atoms with Crippen molar-refractivity contribution in [2.75, 3.05) is 6.26 Å². The highest BCUT2D eigenvalue weighted by atomic mass is 32.2. The molecule has 0 aromatic heterocycles. The topological polar surface area (TPSA) is 12.4 Å². The van der Waals surface area contributed by atoms with Gasteiger partial charge in [-0.05, 0) is 25.3 Å². The van der Waals surface area contributed by atoms with Crippen molar-refractivity contribution in [2.45, 2.75) is 6.42 Å². The fraction of sp³-hybridized carbons (Fsp3) is 0.500. The maximum absolute atomic E-state index is 3.82. The molecule has 0 amide bonds. The molecule has 35 valence electrons. The van der Waals surface area contributed by atoms with E-state index < -0.39 is 0 Å². The van der Waals surface area contributed by atoms with Gasteiger partial charge in [0.2, 0.25) is 0 Å². The van der Waals surface area contributed by atoms with Crippen LogP contribution in [0.2, 0.25) is 0 Å². The van der Waals surface area contributed by atoms with Crippen LogP contribution in [0.15, 0.2) is 4.40 Å². The maximum Gasteiger partial charge on any atom is 0.0126 e. The number of rotatable bonds is 2. The largest absolute Gasteiger partial charge is 0.229 e. The van der Waals surface area contributed by atoms with E-state index in [9.17, 15) is 0 Å². The summed E-state index contributed by atoms with van der Waals surface area (Å²) < 4.78 is 3.82. The van der Waals surface area contributed by atoms with E-state index in [1.165, 1.54) is 11.9 Å². The zero-order valence-corrected chi connectivity index (χ0v) is 4.66. The minimum atomic E-state index is 0.792. The molecule has 0 aliphatic rings. The van der Waals surface area contributed by atoms with E-state index in [0.717, 1.165) is 6.42 Å². The Morgan fingerprint density at radius 2 is 2.67 bits per heavy atom. The molecule has 1 radical (unpaired) electrons. The lowest BCUT2D eigenvalue weighted by Crippen LogP contribution is -1.60. The lowest BCUT2D eigenvalue weighted by atomic mass is 10.6. The van der Waals surface area contributed by atoms with Gasteiger partial charge in [-0.2, -0.15) is 0 Å². The molecular formula is C4H8NS. The van der Waals surface area contributed by atoms with E-state index in [4.69, 9.17) is 0 Å². The number of hydrogen-bond acceptors (Lipinski definition) is 2. The second kappa shape index (κ2) is 5.02. The molecule has 6 heavy (non-hydrogen) atoms. The molecule has 0 N–H and O–H groups in total. The zero-order valence-electron chi connectivity index (χ0n) is 3.85. The van der Waals surface area contributed by atoms with Crippen LogP contribution >= 0.6 is 11.9 Å². The second-order valence-corrected chi connectivity index (χ2v) is 1.34. The van der Waals surface area contributed by atoms with Crippen molar-refractivity contribution in [1.29, 1.82) is 0 Å². The summed E-state index contributed by atoms with van der Waals surface area (Å²) in [6, 6.07) is 0. The van der Waals surface area contributed by atoms with Gasteiger partial charge >= 0.3 is 0 Å². The van der Waals surface area contributed by atoms with Crippen molar-refractivity contribution in [1.82, 2.24) is 0 Å². The average Bonchev–Trinajstić information content (AvgIpc) is 1.61. The SMILES string of the molecule is [CH2]C/C=N/SC. The van der Waals surface area contributed by atoms with Gasteiger partial charge in [0.05, 0.1) is 0 Å². The first-order chi connectivity index (χ1) is 2.91. The van der Waals surface area contributed by atoms with Crippen LogP contribution in [0.1, 0.15) is 6.42 Å². The van der Waals surface area contributed by atoms with Crippen LogP contribution in [0.25, 0.3) is 0 Å². The molecule has 1 nitrogen and oxygen atoms in total. The Bertz CT molecular complexity index is 36.8. The molecule has 0 unspecified atom stereocenters. The van der Waals surface area contributed by atoms with E-state index in [2.05, 4.69) is 11.3 Å². The van der Waals surface area contributed by atoms with Gasteiger partial charge in [-0.15, -0.1) is 0 Å². The van der Waals surface area contributed by atoms with Crippen LogP contribution in [0.5, 0.6) is 0 Å². The molecule has 0 saturated heterocycles. The Morgan fingerprint density at radius 1 is 2.00 bits per heavy atom. The van der Waals surface area contributed by atoms with Gasteiger partial charge in [-0.25, -0.2) is 4.40 Å². The van der Waals surface area contributed by atoms with Crippen LogP contribution < -0.4 is 0 Å². The highest BCUT2D eigenvalue weighted by molar-refractivity contribution is 7.97. The van der Waals surface area contributed by atoms with E-state index in [1.807, 2.05) is 6.26 Å². The summed E-state index contributed by atoms with van der Waals surface area (Å²) in [7, 11) is 0. The van der Waals surface area contributed by atoms with Crippen LogP contribution in [0.3, 0.4) is 0 Å². The molecule has 0 atom stereocenters. The van der Waals surface area contributed by atoms with E-state index in [1.54, 1.807) is 6.21 Å². The Hall–Kier alpha value is 0.0200. The third kappa shape index (κ3) is 4.02. The second-order valence-electron chi connectivity index (χ2n) is 0.759. The standard InChI is InChI=1S/C4H8NS/c1-3-4-5-6-2/h4H,1,3H2,2H3/b5-4+. The van der Waals surface area contributed by atoms with Gasteiger partial charge in [0.25, 0.3) is 0 Å². The molecule has 0 saturated carbocycles. The Balaban J connectivity index is 2.73. The molecule has 0 spiro atoms. The van der Waals surface area contributed by atoms with Gasteiger partial charge in [0.1, 0.15) is 0 Å². The molecule has 0 aliphatic heterocycles. The molecule has 0 heterocycles. The quantitative estimate of drug-likeness (QED) is 0.380. The lowest BCUT2D eigenvalue weighted by Gasteiger charge is -1.72. The maximum atomic E-state index is 3.82. The molecule has 0 aromatic rings. The van der Waals surface area contributed by atoms with E-state index in [0.29, 0.717) is 0 Å². The monoisotopic (exact) mass is 102 g/mol. The minimum Gasteiger partial charge on any atom is -0.229 e. The van der Waals surface area contributed by atoms with Crippen molar-refractivity contribution in [3.8, 4) is 0 Å². The first-order valence-corrected chi connectivity index (χ1v) is 2.94. The van der Waals surface area contributed by atoms with E-state index in [-0.39, 0.29) is 0 Å². The van der Waals surface area contributed by atoms with Gasteiger partial charge in [0, 0.05) is 12.5 Å². The molecule has 0 aliphatic carbocycles. The van der Waals surface area contributed by atoms with Crippen molar-refractivity contribution < 1.29 is 0 Å². The molecule has 0 bridgehead atoms. The molecule has 2 heteroatoms. The van der Waals surface area contributed by atoms with Gasteiger partial charge in [0.15, 0.2) is 0 Å². The Kier molecular flexibility index (Phi) is 5.04. The van der Waals surface area contributed by atoms with Crippen molar-refractivity contribution in [2.24, 2.45) is 4.40 Å². The van der Waals surface area contributed by atoms with Crippen molar-refractivity contribution >= 4 is 18.2 Å². The lowest BCUT2D eigenvalue weighted by molar-refractivity contribution is 1.55. The molecule has 0 rings (SSSR count). The van der Waals surface area contributed by atoms with Crippen LogP contribution in [0.4, 0.5) is 0 Å². The van der Waals surface area contributed by atoms with Crippen LogP contribution in [-0.4, -0.2) is 12.5 Å². The first kappa shape index (κ1) is 6.02. The third-order valence-corrected chi connectivity index (χ3v) is 0.669. The summed E-state index contributed by atoms with van der Waals surface area (Å²) >= 11 is 1.46. The summed E-state index contributed by atoms with van der Waals surface area (Å²) in [4.78, 5) is 0. The van der Waals surface area contributed by atoms with E-state index >= 15 is 0 Å². The smallest absolute Gasteiger partial charge is 0.0126 e. The first-order valence-electron chi connectivity index (χ1n) is 1.76. The number of nitrogens with zero attached hydrogens (tertiary/aromatic N) is 1.